The first-order valence-corrected chi connectivity index (χ1v) is 4.37. The van der Waals surface area contributed by atoms with Crippen LogP contribution in [0.3, 0.4) is 0 Å². The van der Waals surface area contributed by atoms with Gasteiger partial charge in [-0.1, -0.05) is 27.7 Å². The predicted molar refractivity (Wildman–Crippen MR) is 46.2 cm³/mol. The van der Waals surface area contributed by atoms with Crippen LogP contribution in [0, 0.1) is 11.3 Å². The summed E-state index contributed by atoms with van der Waals surface area (Å²) in [5, 5.41) is 12.6. The zero-order valence-corrected chi connectivity index (χ0v) is 7.89. The Morgan fingerprint density at radius 2 is 2.00 bits per heavy atom. The van der Waals surface area contributed by atoms with Crippen molar-refractivity contribution in [1.29, 1.82) is 0 Å². The van der Waals surface area contributed by atoms with Crippen molar-refractivity contribution in [3.05, 3.63) is 0 Å². The first kappa shape index (κ1) is 9.01. The second kappa shape index (κ2) is 2.76. The molecule has 0 amide bonds. The van der Waals surface area contributed by atoms with Gasteiger partial charge in [-0.25, -0.2) is 0 Å². The minimum Gasteiger partial charge on any atom is -0.379 e. The lowest BCUT2D eigenvalue weighted by Gasteiger charge is -2.29. The molecule has 0 aromatic rings. The van der Waals surface area contributed by atoms with E-state index in [9.17, 15) is 5.11 Å². The second-order valence-electron chi connectivity index (χ2n) is 4.60. The third-order valence-corrected chi connectivity index (χ3v) is 2.60. The summed E-state index contributed by atoms with van der Waals surface area (Å²) in [6.07, 6.45) is 0.577. The van der Waals surface area contributed by atoms with Gasteiger partial charge in [-0.05, 0) is 17.8 Å². The number of rotatable bonds is 1. The van der Waals surface area contributed by atoms with Crippen molar-refractivity contribution in [2.24, 2.45) is 11.3 Å². The number of aliphatic hydroxyl groups is 1. The summed E-state index contributed by atoms with van der Waals surface area (Å²) in [5.41, 5.74) is 0.244. The Morgan fingerprint density at radius 3 is 2.18 bits per heavy atom. The first-order valence-electron chi connectivity index (χ1n) is 4.37. The lowest BCUT2D eigenvalue weighted by Crippen LogP contribution is -2.38. The van der Waals surface area contributed by atoms with Crippen LogP contribution >= 0.6 is 0 Å². The summed E-state index contributed by atoms with van der Waals surface area (Å²) < 4.78 is 0. The lowest BCUT2D eigenvalue weighted by atomic mass is 9.79. The maximum Gasteiger partial charge on any atom is 0.105 e. The Hall–Kier alpha value is -0.0800. The highest BCUT2D eigenvalue weighted by Gasteiger charge is 2.40. The molecule has 0 aliphatic carbocycles. The van der Waals surface area contributed by atoms with Crippen molar-refractivity contribution in [3.8, 4) is 0 Å². The highest BCUT2D eigenvalue weighted by Crippen LogP contribution is 2.35. The van der Waals surface area contributed by atoms with E-state index in [1.54, 1.807) is 0 Å². The van der Waals surface area contributed by atoms with Crippen molar-refractivity contribution >= 4 is 0 Å². The highest BCUT2D eigenvalue weighted by atomic mass is 16.3. The number of hydrogen-bond donors (Lipinski definition) is 2. The van der Waals surface area contributed by atoms with Crippen LogP contribution < -0.4 is 5.32 Å². The molecule has 66 valence electrons. The van der Waals surface area contributed by atoms with Crippen LogP contribution in [0.5, 0.6) is 0 Å². The normalized spacial score (nSPS) is 36.5. The van der Waals surface area contributed by atoms with E-state index in [4.69, 9.17) is 0 Å². The Bertz CT molecular complexity index is 142. The standard InChI is InChI=1S/C9H19NO/c1-6(2)8-9(3,4)5-7(11)10-8/h6-8,10-11H,5H2,1-4H3. The van der Waals surface area contributed by atoms with Crippen LogP contribution in [0.2, 0.25) is 0 Å². The van der Waals surface area contributed by atoms with Crippen molar-refractivity contribution in [2.75, 3.05) is 0 Å². The number of nitrogens with one attached hydrogen (secondary N) is 1. The molecular formula is C9H19NO. The quantitative estimate of drug-likeness (QED) is 0.602. The highest BCUT2D eigenvalue weighted by molar-refractivity contribution is 4.94. The average molecular weight is 157 g/mol. The number of hydrogen-bond acceptors (Lipinski definition) is 2. The molecule has 0 aromatic heterocycles. The minimum atomic E-state index is -0.294. The Kier molecular flexibility index (Phi) is 2.26. The fourth-order valence-electron chi connectivity index (χ4n) is 2.21. The van der Waals surface area contributed by atoms with Crippen molar-refractivity contribution in [3.63, 3.8) is 0 Å². The smallest absolute Gasteiger partial charge is 0.105 e. The fourth-order valence-corrected chi connectivity index (χ4v) is 2.21. The van der Waals surface area contributed by atoms with Gasteiger partial charge in [-0.3, -0.25) is 5.32 Å². The van der Waals surface area contributed by atoms with Crippen LogP contribution in [0.1, 0.15) is 34.1 Å². The predicted octanol–water partition coefficient (Wildman–Crippen LogP) is 1.35. The molecule has 1 heterocycles. The summed E-state index contributed by atoms with van der Waals surface area (Å²) >= 11 is 0. The Labute approximate surface area is 69.0 Å². The number of aliphatic hydroxyl groups excluding tert-OH is 1. The van der Waals surface area contributed by atoms with E-state index in [0.29, 0.717) is 12.0 Å². The molecule has 2 atom stereocenters. The van der Waals surface area contributed by atoms with Crippen LogP contribution in [0.25, 0.3) is 0 Å². The van der Waals surface area contributed by atoms with Crippen LogP contribution in [-0.4, -0.2) is 17.4 Å². The van der Waals surface area contributed by atoms with E-state index in [1.165, 1.54) is 0 Å². The third kappa shape index (κ3) is 1.74. The largest absolute Gasteiger partial charge is 0.379 e. The maximum atomic E-state index is 9.37. The third-order valence-electron chi connectivity index (χ3n) is 2.60. The first-order chi connectivity index (χ1) is 4.93. The molecule has 1 aliphatic rings. The summed E-state index contributed by atoms with van der Waals surface area (Å²) in [7, 11) is 0. The zero-order valence-electron chi connectivity index (χ0n) is 7.89. The lowest BCUT2D eigenvalue weighted by molar-refractivity contribution is 0.147. The van der Waals surface area contributed by atoms with Crippen molar-refractivity contribution in [1.82, 2.24) is 5.32 Å². The zero-order chi connectivity index (χ0) is 8.65. The summed E-state index contributed by atoms with van der Waals surface area (Å²) in [6.45, 7) is 8.80. The van der Waals surface area contributed by atoms with E-state index < -0.39 is 0 Å². The van der Waals surface area contributed by atoms with Crippen molar-refractivity contribution < 1.29 is 5.11 Å². The average Bonchev–Trinajstić information content (AvgIpc) is 2.04. The summed E-state index contributed by atoms with van der Waals surface area (Å²) in [4.78, 5) is 0. The minimum absolute atomic E-state index is 0.244. The molecule has 0 saturated carbocycles. The molecule has 1 saturated heterocycles. The van der Waals surface area contributed by atoms with E-state index >= 15 is 0 Å². The molecular weight excluding hydrogens is 138 g/mol. The Balaban J connectivity index is 2.66. The van der Waals surface area contributed by atoms with E-state index in [-0.39, 0.29) is 11.6 Å². The van der Waals surface area contributed by atoms with Gasteiger partial charge < -0.3 is 5.11 Å². The monoisotopic (exact) mass is 157 g/mol. The summed E-state index contributed by atoms with van der Waals surface area (Å²) in [5.74, 6) is 0.599. The van der Waals surface area contributed by atoms with Crippen LogP contribution in [0.15, 0.2) is 0 Å². The van der Waals surface area contributed by atoms with Crippen molar-refractivity contribution in [2.45, 2.75) is 46.4 Å². The van der Waals surface area contributed by atoms with Gasteiger partial charge in [0, 0.05) is 6.04 Å². The molecule has 11 heavy (non-hydrogen) atoms. The maximum absolute atomic E-state index is 9.37. The van der Waals surface area contributed by atoms with Crippen LogP contribution in [0.4, 0.5) is 0 Å². The van der Waals surface area contributed by atoms with Gasteiger partial charge in [0.25, 0.3) is 0 Å². The SMILES string of the molecule is CC(C)C1NC(O)CC1(C)C. The van der Waals surface area contributed by atoms with E-state index in [1.807, 2.05) is 0 Å². The van der Waals surface area contributed by atoms with Gasteiger partial charge in [-0.15, -0.1) is 0 Å². The molecule has 1 fully saturated rings. The van der Waals surface area contributed by atoms with Crippen LogP contribution in [-0.2, 0) is 0 Å². The summed E-state index contributed by atoms with van der Waals surface area (Å²) in [6, 6.07) is 0.456. The molecule has 1 rings (SSSR count). The van der Waals surface area contributed by atoms with Gasteiger partial charge in [0.05, 0.1) is 0 Å². The fraction of sp³-hybridized carbons (Fsp3) is 1.00. The van der Waals surface area contributed by atoms with E-state index in [0.717, 1.165) is 6.42 Å². The van der Waals surface area contributed by atoms with Gasteiger partial charge in [0.1, 0.15) is 6.23 Å². The molecule has 2 unspecified atom stereocenters. The molecule has 1 aliphatic heterocycles. The molecule has 2 N–H and O–H groups in total. The molecule has 2 heteroatoms. The van der Waals surface area contributed by atoms with Gasteiger partial charge in [0.2, 0.25) is 0 Å². The van der Waals surface area contributed by atoms with Gasteiger partial charge >= 0.3 is 0 Å². The molecule has 0 aromatic carbocycles. The topological polar surface area (TPSA) is 32.3 Å². The van der Waals surface area contributed by atoms with Gasteiger partial charge in [0.15, 0.2) is 0 Å². The second-order valence-corrected chi connectivity index (χ2v) is 4.60. The molecule has 2 nitrogen and oxygen atoms in total. The van der Waals surface area contributed by atoms with Gasteiger partial charge in [-0.2, -0.15) is 0 Å². The molecule has 0 spiro atoms. The Morgan fingerprint density at radius 1 is 1.45 bits per heavy atom. The molecule has 0 bridgehead atoms. The van der Waals surface area contributed by atoms with E-state index in [2.05, 4.69) is 33.0 Å². The molecule has 0 radical (unpaired) electrons.